The Kier molecular flexibility index (Phi) is 7.18. The molecule has 0 saturated carbocycles. The molecule has 1 aliphatic heterocycles. The molecule has 2 N–H and O–H groups in total. The van der Waals surface area contributed by atoms with E-state index in [1.807, 2.05) is 24.3 Å². The number of halogens is 2. The maximum absolute atomic E-state index is 13.6. The first-order valence-corrected chi connectivity index (χ1v) is 11.2. The van der Waals surface area contributed by atoms with Gasteiger partial charge in [-0.2, -0.15) is 10.2 Å². The molecule has 2 atom stereocenters. The maximum atomic E-state index is 13.6. The van der Waals surface area contributed by atoms with Gasteiger partial charge in [0.05, 0.1) is 17.1 Å². The number of anilines is 1. The Morgan fingerprint density at radius 3 is 2.41 bits per heavy atom. The number of nitrogens with zero attached hydrogens (tertiary/aromatic N) is 4. The summed E-state index contributed by atoms with van der Waals surface area (Å²) in [6, 6.07) is 19.7. The third-order valence-electron chi connectivity index (χ3n) is 5.28. The molecule has 0 bridgehead atoms. The van der Waals surface area contributed by atoms with E-state index in [9.17, 15) is 14.3 Å². The van der Waals surface area contributed by atoms with Crippen molar-refractivity contribution in [3.63, 3.8) is 0 Å². The van der Waals surface area contributed by atoms with Crippen molar-refractivity contribution >= 4 is 40.4 Å². The van der Waals surface area contributed by atoms with Crippen molar-refractivity contribution in [2.45, 2.75) is 31.4 Å². The van der Waals surface area contributed by atoms with Crippen molar-refractivity contribution in [3.05, 3.63) is 83.9 Å². The van der Waals surface area contributed by atoms with Gasteiger partial charge in [0.2, 0.25) is 6.04 Å². The fourth-order valence-corrected chi connectivity index (χ4v) is 3.66. The first-order valence-electron chi connectivity index (χ1n) is 10.8. The van der Waals surface area contributed by atoms with Gasteiger partial charge in [-0.15, -0.1) is 0 Å². The number of carbonyl (C=O) groups excluding carboxylic acids is 1. The normalized spacial score (nSPS) is 18.0. The van der Waals surface area contributed by atoms with E-state index in [0.717, 1.165) is 6.42 Å². The smallest absolute Gasteiger partial charge is 0.280 e. The zero-order chi connectivity index (χ0) is 24.1. The molecular formula is C25H23ClFN5O2. The van der Waals surface area contributed by atoms with E-state index in [1.165, 1.54) is 22.7 Å². The second kappa shape index (κ2) is 10.4. The minimum atomic E-state index is -1.59. The van der Waals surface area contributed by atoms with Crippen molar-refractivity contribution in [1.82, 2.24) is 5.43 Å². The van der Waals surface area contributed by atoms with Crippen molar-refractivity contribution < 1.29 is 14.3 Å². The molecule has 1 fully saturated rings. The van der Waals surface area contributed by atoms with Crippen LogP contribution >= 0.6 is 11.6 Å². The quantitative estimate of drug-likeness (QED) is 0.333. The molecule has 2 unspecified atom stereocenters. The van der Waals surface area contributed by atoms with Crippen LogP contribution in [0.5, 0.6) is 5.75 Å². The number of rotatable bonds is 7. The van der Waals surface area contributed by atoms with Gasteiger partial charge in [-0.25, -0.2) is 14.4 Å². The van der Waals surface area contributed by atoms with Gasteiger partial charge in [0.15, 0.2) is 11.5 Å². The van der Waals surface area contributed by atoms with Gasteiger partial charge in [0.25, 0.3) is 5.91 Å². The van der Waals surface area contributed by atoms with Crippen molar-refractivity contribution in [3.8, 4) is 5.75 Å². The number of aromatic hydroxyl groups is 1. The number of amidine groups is 1. The summed E-state index contributed by atoms with van der Waals surface area (Å²) in [5.74, 6) is -0.0262. The molecule has 1 heterocycles. The lowest BCUT2D eigenvalue weighted by Crippen LogP contribution is -2.36. The summed E-state index contributed by atoms with van der Waals surface area (Å²) < 4.78 is 13.6. The second-order valence-electron chi connectivity index (χ2n) is 7.66. The van der Waals surface area contributed by atoms with Crippen LogP contribution in [0.4, 0.5) is 21.5 Å². The van der Waals surface area contributed by atoms with E-state index in [2.05, 4.69) is 27.6 Å². The highest BCUT2D eigenvalue weighted by molar-refractivity contribution is 6.21. The lowest BCUT2D eigenvalue weighted by molar-refractivity contribution is -0.117. The number of hydrogen-bond donors (Lipinski definition) is 2. The Morgan fingerprint density at radius 1 is 1.06 bits per heavy atom. The highest BCUT2D eigenvalue weighted by Gasteiger charge is 2.39. The summed E-state index contributed by atoms with van der Waals surface area (Å²) in [6.07, 6.45) is 0.839. The molecule has 3 aromatic rings. The van der Waals surface area contributed by atoms with Crippen LogP contribution in [0.1, 0.15) is 18.1 Å². The molecule has 0 spiro atoms. The van der Waals surface area contributed by atoms with Crippen molar-refractivity contribution in [2.24, 2.45) is 15.2 Å². The Bertz CT molecular complexity index is 1210. The molecule has 9 heteroatoms. The Balaban J connectivity index is 1.70. The van der Waals surface area contributed by atoms with E-state index < -0.39 is 17.6 Å². The Labute approximate surface area is 201 Å². The fraction of sp³-hybridized carbons (Fsp3) is 0.200. The molecule has 1 amide bonds. The molecule has 3 aromatic carbocycles. The SMILES string of the molecule is CCc1ccc(N=C2NN(c3ccccc3CC(F)Cl)C(=O)C2N=Nc2ccc(O)cc2)cc1. The number of para-hydroxylation sites is 1. The van der Waals surface area contributed by atoms with Crippen LogP contribution in [0, 0.1) is 0 Å². The molecular weight excluding hydrogens is 457 g/mol. The van der Waals surface area contributed by atoms with Gasteiger partial charge in [0, 0.05) is 6.42 Å². The lowest BCUT2D eigenvalue weighted by Gasteiger charge is -2.19. The average molecular weight is 480 g/mol. The third-order valence-corrected chi connectivity index (χ3v) is 5.43. The van der Waals surface area contributed by atoms with Crippen molar-refractivity contribution in [2.75, 3.05) is 5.01 Å². The van der Waals surface area contributed by atoms with Crippen LogP contribution in [-0.4, -0.2) is 28.5 Å². The average Bonchev–Trinajstić information content (AvgIpc) is 3.14. The number of aliphatic imine (C=N–C) groups is 1. The van der Waals surface area contributed by atoms with Gasteiger partial charge in [-0.3, -0.25) is 10.2 Å². The van der Waals surface area contributed by atoms with Crippen LogP contribution in [-0.2, 0) is 17.6 Å². The van der Waals surface area contributed by atoms with E-state index in [0.29, 0.717) is 22.6 Å². The number of hydrazine groups is 1. The number of phenolic OH excluding ortho intramolecular Hbond substituents is 1. The van der Waals surface area contributed by atoms with Crippen molar-refractivity contribution in [1.29, 1.82) is 0 Å². The molecule has 0 aliphatic carbocycles. The highest BCUT2D eigenvalue weighted by Crippen LogP contribution is 2.28. The zero-order valence-corrected chi connectivity index (χ0v) is 19.2. The first-order chi connectivity index (χ1) is 16.4. The molecule has 34 heavy (non-hydrogen) atoms. The van der Waals surface area contributed by atoms with Crippen LogP contribution in [0.2, 0.25) is 0 Å². The summed E-state index contributed by atoms with van der Waals surface area (Å²) >= 11 is 5.58. The molecule has 1 saturated heterocycles. The van der Waals surface area contributed by atoms with E-state index >= 15 is 0 Å². The van der Waals surface area contributed by atoms with Gasteiger partial charge < -0.3 is 5.11 Å². The standard InChI is InChI=1S/C25H23ClFN5O2/c1-2-16-7-9-18(10-8-16)28-24-23(30-29-19-11-13-20(33)14-12-19)25(34)32(31-24)21-6-4-3-5-17(21)15-22(26)27/h3-14,22-23,33H,2,15H2,1H3,(H,28,31). The number of hydrogen-bond acceptors (Lipinski definition) is 5. The third kappa shape index (κ3) is 5.40. The maximum Gasteiger partial charge on any atom is 0.280 e. The predicted molar refractivity (Wildman–Crippen MR) is 131 cm³/mol. The minimum absolute atomic E-state index is 0.0617. The topological polar surface area (TPSA) is 89.7 Å². The number of azo groups is 1. The van der Waals surface area contributed by atoms with Gasteiger partial charge in [-0.1, -0.05) is 48.9 Å². The molecule has 4 rings (SSSR count). The molecule has 0 radical (unpaired) electrons. The fourth-order valence-electron chi connectivity index (χ4n) is 3.50. The highest BCUT2D eigenvalue weighted by atomic mass is 35.5. The number of alkyl halides is 2. The molecule has 0 aromatic heterocycles. The number of phenols is 1. The van der Waals surface area contributed by atoms with Crippen LogP contribution in [0.25, 0.3) is 0 Å². The summed E-state index contributed by atoms with van der Waals surface area (Å²) in [5, 5.41) is 19.2. The Morgan fingerprint density at radius 2 is 1.74 bits per heavy atom. The van der Waals surface area contributed by atoms with E-state index in [-0.39, 0.29) is 18.0 Å². The lowest BCUT2D eigenvalue weighted by atomic mass is 10.1. The van der Waals surface area contributed by atoms with Crippen LogP contribution in [0.3, 0.4) is 0 Å². The largest absolute Gasteiger partial charge is 0.508 e. The molecule has 7 nitrogen and oxygen atoms in total. The summed E-state index contributed by atoms with van der Waals surface area (Å²) in [7, 11) is 0. The Hall–Kier alpha value is -3.78. The number of amides is 1. The number of nitrogens with one attached hydrogen (secondary N) is 1. The minimum Gasteiger partial charge on any atom is -0.508 e. The van der Waals surface area contributed by atoms with E-state index in [1.54, 1.807) is 36.4 Å². The second-order valence-corrected chi connectivity index (χ2v) is 8.13. The number of aryl methyl sites for hydroxylation is 1. The molecule has 174 valence electrons. The number of carbonyl (C=O) groups is 1. The monoisotopic (exact) mass is 479 g/mol. The van der Waals surface area contributed by atoms with Crippen LogP contribution in [0.15, 0.2) is 88.0 Å². The van der Waals surface area contributed by atoms with Gasteiger partial charge in [0.1, 0.15) is 5.75 Å². The van der Waals surface area contributed by atoms with Gasteiger partial charge in [-0.05, 0) is 60.0 Å². The first kappa shape index (κ1) is 23.4. The summed E-state index contributed by atoms with van der Waals surface area (Å²) in [5.41, 5.74) is 4.75. The summed E-state index contributed by atoms with van der Waals surface area (Å²) in [4.78, 5) is 18.0. The van der Waals surface area contributed by atoms with Crippen LogP contribution < -0.4 is 10.4 Å². The van der Waals surface area contributed by atoms with Gasteiger partial charge >= 0.3 is 0 Å². The van der Waals surface area contributed by atoms with E-state index in [4.69, 9.17) is 11.6 Å². The zero-order valence-electron chi connectivity index (χ0n) is 18.4. The molecule has 1 aliphatic rings. The predicted octanol–water partition coefficient (Wildman–Crippen LogP) is 5.77. The summed E-state index contributed by atoms with van der Waals surface area (Å²) in [6.45, 7) is 2.07. The number of benzene rings is 3.